The molecule has 0 bridgehead atoms. The van der Waals surface area contributed by atoms with Gasteiger partial charge in [0.1, 0.15) is 10.5 Å². The third-order valence-corrected chi connectivity index (χ3v) is 5.64. The van der Waals surface area contributed by atoms with E-state index in [0.717, 1.165) is 0 Å². The fraction of sp³-hybridized carbons (Fsp3) is 0. The average Bonchev–Trinajstić information content (AvgIpc) is 3.11. The van der Waals surface area contributed by atoms with E-state index in [1.54, 1.807) is 30.5 Å². The Morgan fingerprint density at radius 1 is 1.11 bits per heavy atom. The first-order valence-corrected chi connectivity index (χ1v) is 10.0. The number of pyridine rings is 2. The Morgan fingerprint density at radius 3 is 2.75 bits per heavy atom. The summed E-state index contributed by atoms with van der Waals surface area (Å²) >= 11 is 5.98. The Morgan fingerprint density at radius 2 is 1.96 bits per heavy atom. The van der Waals surface area contributed by atoms with Crippen molar-refractivity contribution in [2.24, 2.45) is 0 Å². The Kier molecular flexibility index (Phi) is 4.58. The number of anilines is 1. The van der Waals surface area contributed by atoms with E-state index in [9.17, 15) is 13.2 Å². The van der Waals surface area contributed by atoms with Gasteiger partial charge in [0.2, 0.25) is 0 Å². The van der Waals surface area contributed by atoms with Crippen molar-refractivity contribution in [1.29, 1.82) is 0 Å². The maximum Gasteiger partial charge on any atom is 0.263 e. The molecule has 0 spiro atoms. The minimum absolute atomic E-state index is 0.0316. The number of carbonyl (C=O) groups excluding carboxylic acids is 1. The number of halogens is 1. The maximum absolute atomic E-state index is 12.9. The number of ketones is 1. The molecule has 4 rings (SSSR count). The Balaban J connectivity index is 1.67. The van der Waals surface area contributed by atoms with E-state index in [4.69, 9.17) is 11.6 Å². The number of nitrogens with one attached hydrogen (secondary N) is 2. The minimum Gasteiger partial charge on any atom is -0.345 e. The average molecular weight is 413 g/mol. The minimum atomic E-state index is -3.81. The monoisotopic (exact) mass is 412 g/mol. The SMILES string of the molecule is O=C(c1cccc(NS(=O)(=O)c2cccnc2)c1)c1c[nH]c2ncc(Cl)cc12. The van der Waals surface area contributed by atoms with Crippen molar-refractivity contribution >= 4 is 44.1 Å². The summed E-state index contributed by atoms with van der Waals surface area (Å²) < 4.78 is 27.4. The normalized spacial score (nSPS) is 11.5. The highest BCUT2D eigenvalue weighted by Crippen LogP contribution is 2.24. The van der Waals surface area contributed by atoms with Crippen LogP contribution in [0.1, 0.15) is 15.9 Å². The number of H-pyrrole nitrogens is 1. The molecule has 0 fully saturated rings. The lowest BCUT2D eigenvalue weighted by atomic mass is 10.0. The second kappa shape index (κ2) is 7.06. The van der Waals surface area contributed by atoms with Crippen LogP contribution in [0.3, 0.4) is 0 Å². The molecular weight excluding hydrogens is 400 g/mol. The molecule has 2 N–H and O–H groups in total. The van der Waals surface area contributed by atoms with Crippen molar-refractivity contribution in [2.75, 3.05) is 4.72 Å². The first-order chi connectivity index (χ1) is 13.4. The van der Waals surface area contributed by atoms with Crippen LogP contribution < -0.4 is 4.72 Å². The second-order valence-corrected chi connectivity index (χ2v) is 8.08. The van der Waals surface area contributed by atoms with Crippen molar-refractivity contribution in [2.45, 2.75) is 4.90 Å². The van der Waals surface area contributed by atoms with E-state index in [-0.39, 0.29) is 16.4 Å². The number of aromatic nitrogens is 3. The predicted molar refractivity (Wildman–Crippen MR) is 106 cm³/mol. The smallest absolute Gasteiger partial charge is 0.263 e. The van der Waals surface area contributed by atoms with Gasteiger partial charge in [-0.1, -0.05) is 23.7 Å². The number of carbonyl (C=O) groups is 1. The number of benzene rings is 1. The number of nitrogens with zero attached hydrogens (tertiary/aromatic N) is 2. The van der Waals surface area contributed by atoms with Gasteiger partial charge in [0.05, 0.1) is 5.02 Å². The number of aromatic amines is 1. The van der Waals surface area contributed by atoms with Gasteiger partial charge in [-0.3, -0.25) is 14.5 Å². The van der Waals surface area contributed by atoms with Crippen molar-refractivity contribution < 1.29 is 13.2 Å². The van der Waals surface area contributed by atoms with Gasteiger partial charge in [0.15, 0.2) is 5.78 Å². The van der Waals surface area contributed by atoms with Crippen LogP contribution in [0.4, 0.5) is 5.69 Å². The Bertz CT molecular complexity index is 1290. The van der Waals surface area contributed by atoms with Gasteiger partial charge >= 0.3 is 0 Å². The Hall–Kier alpha value is -3.23. The molecule has 140 valence electrons. The molecule has 4 aromatic rings. The third-order valence-electron chi connectivity index (χ3n) is 4.06. The van der Waals surface area contributed by atoms with Crippen LogP contribution in [0.15, 0.2) is 72.1 Å². The molecule has 0 aliphatic heterocycles. The van der Waals surface area contributed by atoms with Crippen molar-refractivity contribution in [3.8, 4) is 0 Å². The van der Waals surface area contributed by atoms with Gasteiger partial charge in [0, 0.05) is 47.0 Å². The first-order valence-electron chi connectivity index (χ1n) is 8.14. The number of sulfonamides is 1. The van der Waals surface area contributed by atoms with Gasteiger partial charge < -0.3 is 4.98 Å². The fourth-order valence-electron chi connectivity index (χ4n) is 2.77. The predicted octanol–water partition coefficient (Wildman–Crippen LogP) is 3.64. The highest BCUT2D eigenvalue weighted by atomic mass is 35.5. The number of hydrogen-bond donors (Lipinski definition) is 2. The highest BCUT2D eigenvalue weighted by Gasteiger charge is 2.18. The Labute approximate surface area is 165 Å². The zero-order chi connectivity index (χ0) is 19.7. The lowest BCUT2D eigenvalue weighted by Crippen LogP contribution is -2.13. The quantitative estimate of drug-likeness (QED) is 0.487. The molecule has 1 aromatic carbocycles. The van der Waals surface area contributed by atoms with Gasteiger partial charge in [0.25, 0.3) is 10.0 Å². The van der Waals surface area contributed by atoms with Gasteiger partial charge in [-0.2, -0.15) is 0 Å². The van der Waals surface area contributed by atoms with Crippen LogP contribution in [0.5, 0.6) is 0 Å². The van der Waals surface area contributed by atoms with Gasteiger partial charge in [-0.05, 0) is 30.3 Å². The van der Waals surface area contributed by atoms with E-state index < -0.39 is 10.0 Å². The van der Waals surface area contributed by atoms with Crippen LogP contribution in [0, 0.1) is 0 Å². The van der Waals surface area contributed by atoms with Crippen LogP contribution in [0.25, 0.3) is 11.0 Å². The molecule has 3 aromatic heterocycles. The summed E-state index contributed by atoms with van der Waals surface area (Å²) in [6.45, 7) is 0. The lowest BCUT2D eigenvalue weighted by molar-refractivity contribution is 0.104. The van der Waals surface area contributed by atoms with E-state index in [1.165, 1.54) is 36.8 Å². The highest BCUT2D eigenvalue weighted by molar-refractivity contribution is 7.92. The molecule has 0 saturated heterocycles. The van der Waals surface area contributed by atoms with Crippen molar-refractivity contribution in [1.82, 2.24) is 15.0 Å². The van der Waals surface area contributed by atoms with Crippen LogP contribution in [-0.2, 0) is 10.0 Å². The van der Waals surface area contributed by atoms with Crippen LogP contribution in [-0.4, -0.2) is 29.2 Å². The standard InChI is InChI=1S/C19H13ClN4O3S/c20-13-8-16-17(11-23-19(16)22-9-13)18(25)12-3-1-4-14(7-12)24-28(26,27)15-5-2-6-21-10-15/h1-11,24H,(H,22,23). The van der Waals surface area contributed by atoms with Crippen molar-refractivity contribution in [3.63, 3.8) is 0 Å². The maximum atomic E-state index is 12.9. The second-order valence-electron chi connectivity index (χ2n) is 5.96. The molecule has 3 heterocycles. The number of hydrogen-bond acceptors (Lipinski definition) is 5. The molecular formula is C19H13ClN4O3S. The lowest BCUT2D eigenvalue weighted by Gasteiger charge is -2.09. The van der Waals surface area contributed by atoms with Crippen LogP contribution >= 0.6 is 11.6 Å². The molecule has 0 atom stereocenters. The van der Waals surface area contributed by atoms with Gasteiger partial charge in [-0.15, -0.1) is 0 Å². The number of rotatable bonds is 5. The topological polar surface area (TPSA) is 105 Å². The van der Waals surface area contributed by atoms with Crippen molar-refractivity contribution in [3.05, 3.63) is 83.4 Å². The molecule has 7 nitrogen and oxygen atoms in total. The summed E-state index contributed by atoms with van der Waals surface area (Å²) in [4.78, 5) is 23.9. The summed E-state index contributed by atoms with van der Waals surface area (Å²) in [5.74, 6) is -0.280. The van der Waals surface area contributed by atoms with Crippen LogP contribution in [0.2, 0.25) is 5.02 Å². The molecule has 0 radical (unpaired) electrons. The van der Waals surface area contributed by atoms with E-state index in [1.807, 2.05) is 0 Å². The third kappa shape index (κ3) is 3.47. The fourth-order valence-corrected chi connectivity index (χ4v) is 3.94. The summed E-state index contributed by atoms with van der Waals surface area (Å²) in [6, 6.07) is 10.9. The summed E-state index contributed by atoms with van der Waals surface area (Å²) in [7, 11) is -3.81. The summed E-state index contributed by atoms with van der Waals surface area (Å²) in [6.07, 6.45) is 5.78. The summed E-state index contributed by atoms with van der Waals surface area (Å²) in [5, 5.41) is 1.01. The molecule has 0 unspecified atom stereocenters. The molecule has 28 heavy (non-hydrogen) atoms. The molecule has 0 saturated carbocycles. The first kappa shape index (κ1) is 18.1. The zero-order valence-electron chi connectivity index (χ0n) is 14.3. The van der Waals surface area contributed by atoms with E-state index >= 15 is 0 Å². The summed E-state index contributed by atoms with van der Waals surface area (Å²) in [5.41, 5.74) is 1.54. The molecule has 0 aliphatic rings. The zero-order valence-corrected chi connectivity index (χ0v) is 15.8. The molecule has 9 heteroatoms. The molecule has 0 aliphatic carbocycles. The van der Waals surface area contributed by atoms with Gasteiger partial charge in [-0.25, -0.2) is 13.4 Å². The van der Waals surface area contributed by atoms with E-state index in [2.05, 4.69) is 19.7 Å². The number of fused-ring (bicyclic) bond motifs is 1. The molecule has 0 amide bonds. The largest absolute Gasteiger partial charge is 0.345 e. The van der Waals surface area contributed by atoms with E-state index in [0.29, 0.717) is 27.2 Å².